The molecule has 2 heterocycles. The fourth-order valence-corrected chi connectivity index (χ4v) is 1.32. The first-order valence-corrected chi connectivity index (χ1v) is 5.13. The van der Waals surface area contributed by atoms with Crippen molar-refractivity contribution in [1.29, 1.82) is 0 Å². The van der Waals surface area contributed by atoms with E-state index < -0.39 is 0 Å². The first-order valence-electron chi connectivity index (χ1n) is 3.90. The molecule has 6 heteroatoms. The predicted molar refractivity (Wildman–Crippen MR) is 54.0 cm³/mol. The van der Waals surface area contributed by atoms with Crippen LogP contribution in [-0.2, 0) is 0 Å². The van der Waals surface area contributed by atoms with Crippen LogP contribution in [0.25, 0.3) is 11.7 Å². The van der Waals surface area contributed by atoms with Crippen LogP contribution in [0.4, 0.5) is 0 Å². The number of alkyl halides is 1. The summed E-state index contributed by atoms with van der Waals surface area (Å²) in [5.41, 5.74) is 0. The number of rotatable bonds is 2. The Balaban J connectivity index is 2.33. The van der Waals surface area contributed by atoms with E-state index in [0.29, 0.717) is 22.2 Å². The molecule has 0 aromatic carbocycles. The Bertz CT molecular complexity index is 438. The number of hydrogen-bond acceptors (Lipinski definition) is 4. The average molecular weight is 278 g/mol. The van der Waals surface area contributed by atoms with Crippen molar-refractivity contribution in [2.45, 2.75) is 12.3 Å². The van der Waals surface area contributed by atoms with Crippen LogP contribution in [0.3, 0.4) is 0 Å². The molecule has 0 saturated heterocycles. The van der Waals surface area contributed by atoms with Crippen LogP contribution in [0, 0.1) is 0 Å². The van der Waals surface area contributed by atoms with Crippen molar-refractivity contribution in [3.63, 3.8) is 0 Å². The van der Waals surface area contributed by atoms with Crippen LogP contribution in [0.2, 0.25) is 0 Å². The number of aromatic nitrogens is 2. The highest BCUT2D eigenvalue weighted by atomic mass is 79.9. The second-order valence-electron chi connectivity index (χ2n) is 2.67. The molecule has 0 spiro atoms. The molecule has 2 aromatic rings. The van der Waals surface area contributed by atoms with Crippen LogP contribution in [0.5, 0.6) is 0 Å². The minimum atomic E-state index is -0.297. The Morgan fingerprint density at radius 2 is 2.14 bits per heavy atom. The third kappa shape index (κ3) is 1.83. The van der Waals surface area contributed by atoms with Gasteiger partial charge in [0.1, 0.15) is 5.38 Å². The smallest absolute Gasteiger partial charge is 0.283 e. The standard InChI is InChI=1S/C8H6BrClN2O2/c1-4(10)7-11-12-8(14-7)5-2-3-6(9)13-5/h2-4H,1H3. The van der Waals surface area contributed by atoms with Gasteiger partial charge in [-0.25, -0.2) is 0 Å². The predicted octanol–water partition coefficient (Wildman–Crippen LogP) is 3.39. The Hall–Kier alpha value is -0.810. The van der Waals surface area contributed by atoms with Gasteiger partial charge in [0.2, 0.25) is 5.89 Å². The van der Waals surface area contributed by atoms with Crippen molar-refractivity contribution in [1.82, 2.24) is 10.2 Å². The summed E-state index contributed by atoms with van der Waals surface area (Å²) >= 11 is 8.96. The maximum Gasteiger partial charge on any atom is 0.283 e. The Morgan fingerprint density at radius 3 is 2.64 bits per heavy atom. The molecule has 0 saturated carbocycles. The second kappa shape index (κ2) is 3.74. The van der Waals surface area contributed by atoms with Gasteiger partial charge in [0, 0.05) is 0 Å². The van der Waals surface area contributed by atoms with E-state index in [2.05, 4.69) is 26.1 Å². The van der Waals surface area contributed by atoms with Gasteiger partial charge in [-0.3, -0.25) is 0 Å². The number of hydrogen-bond donors (Lipinski definition) is 0. The first kappa shape index (κ1) is 9.73. The van der Waals surface area contributed by atoms with E-state index in [0.717, 1.165) is 0 Å². The van der Waals surface area contributed by atoms with Crippen molar-refractivity contribution < 1.29 is 8.83 Å². The largest absolute Gasteiger partial charge is 0.444 e. The fraction of sp³-hybridized carbons (Fsp3) is 0.250. The molecular weight excluding hydrogens is 271 g/mol. The molecule has 0 N–H and O–H groups in total. The van der Waals surface area contributed by atoms with Crippen molar-refractivity contribution in [2.75, 3.05) is 0 Å². The van der Waals surface area contributed by atoms with Crippen LogP contribution in [0.15, 0.2) is 25.6 Å². The van der Waals surface area contributed by atoms with Gasteiger partial charge in [0.25, 0.3) is 5.89 Å². The van der Waals surface area contributed by atoms with Gasteiger partial charge in [-0.15, -0.1) is 21.8 Å². The molecule has 0 bridgehead atoms. The van der Waals surface area contributed by atoms with E-state index in [-0.39, 0.29) is 5.38 Å². The summed E-state index contributed by atoms with van der Waals surface area (Å²) in [6, 6.07) is 3.49. The zero-order chi connectivity index (χ0) is 10.1. The van der Waals surface area contributed by atoms with Crippen molar-refractivity contribution in [2.24, 2.45) is 0 Å². The molecule has 0 aliphatic rings. The molecule has 4 nitrogen and oxygen atoms in total. The van der Waals surface area contributed by atoms with E-state index >= 15 is 0 Å². The SMILES string of the molecule is CC(Cl)c1nnc(-c2ccc(Br)o2)o1. The minimum absolute atomic E-state index is 0.297. The molecule has 2 aromatic heterocycles. The molecule has 0 amide bonds. The van der Waals surface area contributed by atoms with Crippen LogP contribution >= 0.6 is 27.5 Å². The number of nitrogens with zero attached hydrogens (tertiary/aromatic N) is 2. The van der Waals surface area contributed by atoms with Crippen molar-refractivity contribution in [3.8, 4) is 11.7 Å². The molecule has 0 fully saturated rings. The second-order valence-corrected chi connectivity index (χ2v) is 4.10. The lowest BCUT2D eigenvalue weighted by Crippen LogP contribution is -1.81. The number of halogens is 2. The summed E-state index contributed by atoms with van der Waals surface area (Å²) in [6.07, 6.45) is 0. The van der Waals surface area contributed by atoms with Gasteiger partial charge in [-0.05, 0) is 35.0 Å². The lowest BCUT2D eigenvalue weighted by atomic mass is 10.4. The average Bonchev–Trinajstić information content (AvgIpc) is 2.70. The maximum atomic E-state index is 5.77. The maximum absolute atomic E-state index is 5.77. The Kier molecular flexibility index (Phi) is 2.60. The van der Waals surface area contributed by atoms with Crippen molar-refractivity contribution >= 4 is 27.5 Å². The molecule has 1 unspecified atom stereocenters. The molecule has 74 valence electrons. The minimum Gasteiger partial charge on any atom is -0.444 e. The van der Waals surface area contributed by atoms with E-state index in [9.17, 15) is 0 Å². The van der Waals surface area contributed by atoms with Gasteiger partial charge in [-0.2, -0.15) is 0 Å². The van der Waals surface area contributed by atoms with E-state index in [1.165, 1.54) is 0 Å². The highest BCUT2D eigenvalue weighted by Gasteiger charge is 2.14. The van der Waals surface area contributed by atoms with Gasteiger partial charge in [0.05, 0.1) is 0 Å². The van der Waals surface area contributed by atoms with E-state index in [1.807, 2.05) is 0 Å². The summed E-state index contributed by atoms with van der Waals surface area (Å²) in [7, 11) is 0. The van der Waals surface area contributed by atoms with Crippen LogP contribution < -0.4 is 0 Å². The summed E-state index contributed by atoms with van der Waals surface area (Å²) in [6.45, 7) is 1.76. The van der Waals surface area contributed by atoms with E-state index in [4.69, 9.17) is 20.4 Å². The first-order chi connectivity index (χ1) is 6.66. The summed E-state index contributed by atoms with van der Waals surface area (Å²) in [4.78, 5) is 0. The van der Waals surface area contributed by atoms with E-state index in [1.54, 1.807) is 19.1 Å². The van der Waals surface area contributed by atoms with Gasteiger partial charge >= 0.3 is 0 Å². The molecular formula is C8H6BrClN2O2. The molecule has 0 radical (unpaired) electrons. The van der Waals surface area contributed by atoms with Crippen molar-refractivity contribution in [3.05, 3.63) is 22.7 Å². The lowest BCUT2D eigenvalue weighted by molar-refractivity contribution is 0.475. The normalized spacial score (nSPS) is 13.1. The Morgan fingerprint density at radius 1 is 1.36 bits per heavy atom. The van der Waals surface area contributed by atoms with Crippen LogP contribution in [-0.4, -0.2) is 10.2 Å². The molecule has 14 heavy (non-hydrogen) atoms. The lowest BCUT2D eigenvalue weighted by Gasteiger charge is -1.91. The quantitative estimate of drug-likeness (QED) is 0.790. The summed E-state index contributed by atoms with van der Waals surface area (Å²) < 4.78 is 11.1. The summed E-state index contributed by atoms with van der Waals surface area (Å²) in [5, 5.41) is 7.29. The summed E-state index contributed by atoms with van der Waals surface area (Å²) in [5.74, 6) is 1.24. The third-order valence-corrected chi connectivity index (χ3v) is 2.18. The topological polar surface area (TPSA) is 52.1 Å². The van der Waals surface area contributed by atoms with Crippen LogP contribution in [0.1, 0.15) is 18.2 Å². The van der Waals surface area contributed by atoms with Gasteiger partial charge in [-0.1, -0.05) is 0 Å². The van der Waals surface area contributed by atoms with Gasteiger partial charge < -0.3 is 8.83 Å². The fourth-order valence-electron chi connectivity index (χ4n) is 0.924. The zero-order valence-corrected chi connectivity index (χ0v) is 9.54. The third-order valence-electron chi connectivity index (χ3n) is 1.56. The zero-order valence-electron chi connectivity index (χ0n) is 7.20. The molecule has 1 atom stereocenters. The highest BCUT2D eigenvalue weighted by Crippen LogP contribution is 2.26. The molecule has 2 rings (SSSR count). The molecule has 0 aliphatic heterocycles. The monoisotopic (exact) mass is 276 g/mol. The van der Waals surface area contributed by atoms with Gasteiger partial charge in [0.15, 0.2) is 10.4 Å². The molecule has 0 aliphatic carbocycles. The Labute approximate surface area is 93.4 Å². The number of furan rings is 1. The highest BCUT2D eigenvalue weighted by molar-refractivity contribution is 9.10.